The number of halogens is 3. The first-order valence-electron chi connectivity index (χ1n) is 9.23. The number of amides is 2. The van der Waals surface area contributed by atoms with Crippen molar-refractivity contribution in [1.29, 1.82) is 0 Å². The number of carbonyl (C=O) groups excluding carboxylic acids is 1. The van der Waals surface area contributed by atoms with E-state index in [-0.39, 0.29) is 28.8 Å². The number of ether oxygens (including phenoxy) is 1. The van der Waals surface area contributed by atoms with Gasteiger partial charge in [-0.25, -0.2) is 9.78 Å². The minimum absolute atomic E-state index is 0.0357. The quantitative estimate of drug-likeness (QED) is 0.380. The van der Waals surface area contributed by atoms with E-state index in [1.165, 1.54) is 36.7 Å². The van der Waals surface area contributed by atoms with Gasteiger partial charge in [-0.15, -0.1) is 0 Å². The molecule has 0 atom stereocenters. The average molecular weight is 443 g/mol. The van der Waals surface area contributed by atoms with Crippen LogP contribution in [0.25, 0.3) is 11.0 Å². The third-order valence-corrected chi connectivity index (χ3v) is 4.51. The molecule has 0 aliphatic carbocycles. The number of aryl methyl sites for hydroxylation is 1. The van der Waals surface area contributed by atoms with Crippen LogP contribution in [0.4, 0.5) is 29.3 Å². The number of nitrogens with one attached hydrogen (secondary N) is 2. The monoisotopic (exact) mass is 443 g/mol. The number of carbonyl (C=O) groups is 1. The van der Waals surface area contributed by atoms with Gasteiger partial charge >= 0.3 is 12.2 Å². The lowest BCUT2D eigenvalue weighted by molar-refractivity contribution is -0.137. The Morgan fingerprint density at radius 3 is 2.66 bits per heavy atom. The minimum atomic E-state index is -4.53. The largest absolute Gasteiger partial charge is 0.506 e. The summed E-state index contributed by atoms with van der Waals surface area (Å²) < 4.78 is 46.0. The fourth-order valence-corrected chi connectivity index (χ4v) is 3.01. The van der Waals surface area contributed by atoms with E-state index in [2.05, 4.69) is 20.6 Å². The molecule has 0 bridgehead atoms. The number of anilines is 2. The molecule has 8 nitrogen and oxygen atoms in total. The summed E-state index contributed by atoms with van der Waals surface area (Å²) in [5.41, 5.74) is 0.443. The van der Waals surface area contributed by atoms with Crippen molar-refractivity contribution < 1.29 is 27.8 Å². The Morgan fingerprint density at radius 1 is 1.09 bits per heavy atom. The first-order valence-corrected chi connectivity index (χ1v) is 9.23. The first kappa shape index (κ1) is 21.0. The number of phenols is 1. The normalized spacial score (nSPS) is 11.4. The number of hydrogen-bond donors (Lipinski definition) is 3. The Kier molecular flexibility index (Phi) is 5.31. The van der Waals surface area contributed by atoms with Crippen molar-refractivity contribution in [3.05, 3.63) is 66.6 Å². The van der Waals surface area contributed by atoms with Crippen LogP contribution in [-0.2, 0) is 13.2 Å². The number of alkyl halides is 3. The van der Waals surface area contributed by atoms with Gasteiger partial charge < -0.3 is 25.0 Å². The molecule has 4 rings (SSSR count). The third-order valence-electron chi connectivity index (χ3n) is 4.51. The standard InChI is InChI=1S/C21H16F3N5O3/c1-29-8-7-16-18(29)19(26-11-25-16)32-14-5-6-15(17(30)10-14)28-20(31)27-13-4-2-3-12(9-13)21(22,23)24/h2-11,30H,1H3,(H2,27,28,31). The molecule has 2 aromatic heterocycles. The number of nitrogens with zero attached hydrogens (tertiary/aromatic N) is 3. The third kappa shape index (κ3) is 4.41. The molecule has 2 heterocycles. The zero-order valence-electron chi connectivity index (χ0n) is 16.5. The van der Waals surface area contributed by atoms with Crippen LogP contribution in [0.2, 0.25) is 0 Å². The highest BCUT2D eigenvalue weighted by atomic mass is 19.4. The molecule has 0 saturated carbocycles. The summed E-state index contributed by atoms with van der Waals surface area (Å²) in [6.45, 7) is 0. The van der Waals surface area contributed by atoms with Crippen molar-refractivity contribution in [2.45, 2.75) is 6.18 Å². The Bertz CT molecular complexity index is 1300. The molecule has 0 radical (unpaired) electrons. The fourth-order valence-electron chi connectivity index (χ4n) is 3.01. The lowest BCUT2D eigenvalue weighted by Gasteiger charge is -2.12. The minimum Gasteiger partial charge on any atom is -0.506 e. The first-order chi connectivity index (χ1) is 15.2. The van der Waals surface area contributed by atoms with Crippen LogP contribution in [0.5, 0.6) is 17.4 Å². The predicted octanol–water partition coefficient (Wildman–Crippen LogP) is 5.13. The summed E-state index contributed by atoms with van der Waals surface area (Å²) in [4.78, 5) is 20.4. The number of fused-ring (bicyclic) bond motifs is 1. The topological polar surface area (TPSA) is 101 Å². The predicted molar refractivity (Wildman–Crippen MR) is 111 cm³/mol. The molecule has 0 saturated heterocycles. The van der Waals surface area contributed by atoms with Crippen molar-refractivity contribution >= 4 is 28.4 Å². The maximum Gasteiger partial charge on any atom is 0.416 e. The highest BCUT2D eigenvalue weighted by molar-refractivity contribution is 6.00. The van der Waals surface area contributed by atoms with E-state index in [1.807, 2.05) is 7.05 Å². The molecule has 0 aliphatic heterocycles. The lowest BCUT2D eigenvalue weighted by atomic mass is 10.2. The van der Waals surface area contributed by atoms with Gasteiger partial charge in [0.1, 0.15) is 23.3 Å². The molecular formula is C21H16F3N5O3. The van der Waals surface area contributed by atoms with Crippen molar-refractivity contribution in [1.82, 2.24) is 14.5 Å². The highest BCUT2D eigenvalue weighted by Crippen LogP contribution is 2.33. The van der Waals surface area contributed by atoms with Gasteiger partial charge in [0, 0.05) is 25.0 Å². The van der Waals surface area contributed by atoms with Gasteiger partial charge in [0.2, 0.25) is 5.88 Å². The molecule has 0 unspecified atom stereocenters. The Morgan fingerprint density at radius 2 is 1.91 bits per heavy atom. The van der Waals surface area contributed by atoms with Gasteiger partial charge in [0.15, 0.2) is 0 Å². The summed E-state index contributed by atoms with van der Waals surface area (Å²) in [5, 5.41) is 14.9. The molecular weight excluding hydrogens is 427 g/mol. The zero-order valence-corrected chi connectivity index (χ0v) is 16.5. The molecule has 32 heavy (non-hydrogen) atoms. The van der Waals surface area contributed by atoms with Crippen LogP contribution in [0.15, 0.2) is 61.1 Å². The molecule has 2 amide bonds. The van der Waals surface area contributed by atoms with Crippen molar-refractivity contribution in [2.24, 2.45) is 7.05 Å². The Hall–Kier alpha value is -4.28. The molecule has 4 aromatic rings. The number of hydrogen-bond acceptors (Lipinski definition) is 5. The summed E-state index contributed by atoms with van der Waals surface area (Å²) in [6.07, 6.45) is -1.37. The summed E-state index contributed by atoms with van der Waals surface area (Å²) in [5.74, 6) is 0.233. The molecule has 0 spiro atoms. The van der Waals surface area contributed by atoms with Crippen molar-refractivity contribution in [3.8, 4) is 17.4 Å². The van der Waals surface area contributed by atoms with Crippen LogP contribution >= 0.6 is 0 Å². The number of aromatic nitrogens is 3. The summed E-state index contributed by atoms with van der Waals surface area (Å²) in [6, 6.07) is 9.34. The Labute approximate surface area is 179 Å². The number of benzene rings is 2. The van der Waals surface area contributed by atoms with Crippen LogP contribution in [-0.4, -0.2) is 25.7 Å². The van der Waals surface area contributed by atoms with Gasteiger partial charge in [-0.3, -0.25) is 0 Å². The van der Waals surface area contributed by atoms with Gasteiger partial charge in [0.25, 0.3) is 0 Å². The second-order valence-electron chi connectivity index (χ2n) is 6.78. The lowest BCUT2D eigenvalue weighted by Crippen LogP contribution is -2.19. The smallest absolute Gasteiger partial charge is 0.416 e. The molecule has 0 aliphatic rings. The van der Waals surface area contributed by atoms with E-state index in [9.17, 15) is 23.1 Å². The van der Waals surface area contributed by atoms with Gasteiger partial charge in [-0.2, -0.15) is 18.2 Å². The summed E-state index contributed by atoms with van der Waals surface area (Å²) >= 11 is 0. The molecule has 164 valence electrons. The van der Waals surface area contributed by atoms with Gasteiger partial charge in [-0.1, -0.05) is 6.07 Å². The van der Waals surface area contributed by atoms with Crippen molar-refractivity contribution in [3.63, 3.8) is 0 Å². The fraction of sp³-hybridized carbons (Fsp3) is 0.0952. The summed E-state index contributed by atoms with van der Waals surface area (Å²) in [7, 11) is 1.81. The van der Waals surface area contributed by atoms with Crippen LogP contribution in [0, 0.1) is 0 Å². The van der Waals surface area contributed by atoms with Crippen LogP contribution in [0.3, 0.4) is 0 Å². The van der Waals surface area contributed by atoms with E-state index in [1.54, 1.807) is 16.8 Å². The van der Waals surface area contributed by atoms with E-state index in [4.69, 9.17) is 4.74 Å². The number of urea groups is 1. The highest BCUT2D eigenvalue weighted by Gasteiger charge is 2.30. The van der Waals surface area contributed by atoms with Crippen molar-refractivity contribution in [2.75, 3.05) is 10.6 Å². The second kappa shape index (κ2) is 8.10. The van der Waals surface area contributed by atoms with E-state index in [0.29, 0.717) is 11.0 Å². The maximum absolute atomic E-state index is 12.8. The van der Waals surface area contributed by atoms with Crippen LogP contribution < -0.4 is 15.4 Å². The molecule has 0 fully saturated rings. The molecule has 2 aromatic carbocycles. The molecule has 3 N–H and O–H groups in total. The zero-order chi connectivity index (χ0) is 22.9. The van der Waals surface area contributed by atoms with E-state index >= 15 is 0 Å². The SMILES string of the molecule is Cn1ccc2ncnc(Oc3ccc(NC(=O)Nc4cccc(C(F)(F)F)c4)c(O)c3)c21. The van der Waals surface area contributed by atoms with Crippen LogP contribution in [0.1, 0.15) is 5.56 Å². The number of rotatable bonds is 4. The average Bonchev–Trinajstić information content (AvgIpc) is 3.11. The number of aromatic hydroxyl groups is 1. The second-order valence-corrected chi connectivity index (χ2v) is 6.78. The maximum atomic E-state index is 12.8. The Balaban J connectivity index is 1.47. The number of phenolic OH excluding ortho intramolecular Hbond substituents is 1. The van der Waals surface area contributed by atoms with E-state index in [0.717, 1.165) is 12.1 Å². The van der Waals surface area contributed by atoms with Gasteiger partial charge in [0.05, 0.1) is 16.8 Å². The molecule has 11 heteroatoms. The van der Waals surface area contributed by atoms with E-state index < -0.39 is 17.8 Å². The van der Waals surface area contributed by atoms with Gasteiger partial charge in [-0.05, 0) is 36.4 Å².